The number of ether oxygens (including phenoxy) is 1. The second kappa shape index (κ2) is 8.77. The third-order valence-electron chi connectivity index (χ3n) is 6.11. The number of aromatic nitrogens is 2. The molecule has 0 atom stereocenters. The number of hydrogen-bond donors (Lipinski definition) is 0. The second-order valence-electron chi connectivity index (χ2n) is 8.87. The molecule has 0 amide bonds. The highest BCUT2D eigenvalue weighted by Crippen LogP contribution is 2.39. The first-order valence-corrected chi connectivity index (χ1v) is 11.2. The van der Waals surface area contributed by atoms with Crippen LogP contribution in [0.5, 0.6) is 5.75 Å². The van der Waals surface area contributed by atoms with Gasteiger partial charge in [-0.2, -0.15) is 5.26 Å². The van der Waals surface area contributed by atoms with Gasteiger partial charge < -0.3 is 14.2 Å². The van der Waals surface area contributed by atoms with Gasteiger partial charge in [0.05, 0.1) is 23.6 Å². The van der Waals surface area contributed by atoms with Crippen molar-refractivity contribution < 1.29 is 9.13 Å². The van der Waals surface area contributed by atoms with Crippen molar-refractivity contribution in [1.82, 2.24) is 14.5 Å². The van der Waals surface area contributed by atoms with Crippen molar-refractivity contribution in [3.8, 4) is 11.8 Å². The van der Waals surface area contributed by atoms with E-state index in [1.165, 1.54) is 12.1 Å². The molecule has 5 nitrogen and oxygen atoms in total. The third kappa shape index (κ3) is 3.95. The first-order chi connectivity index (χ1) is 16.4. The van der Waals surface area contributed by atoms with Gasteiger partial charge in [-0.05, 0) is 68.0 Å². The Morgan fingerprint density at radius 3 is 2.71 bits per heavy atom. The van der Waals surface area contributed by atoms with Crippen LogP contribution in [0.2, 0.25) is 0 Å². The maximum Gasteiger partial charge on any atom is 0.130 e. The number of nitrogens with zero attached hydrogens (tertiary/aromatic N) is 4. The van der Waals surface area contributed by atoms with Crippen molar-refractivity contribution in [3.05, 3.63) is 100 Å². The summed E-state index contributed by atoms with van der Waals surface area (Å²) in [6, 6.07) is 21.2. The normalized spacial score (nSPS) is 14.2. The summed E-state index contributed by atoms with van der Waals surface area (Å²) in [4.78, 5) is 6.96. The number of nitriles is 1. The van der Waals surface area contributed by atoms with Gasteiger partial charge in [-0.3, -0.25) is 0 Å². The van der Waals surface area contributed by atoms with Gasteiger partial charge in [0.15, 0.2) is 0 Å². The van der Waals surface area contributed by atoms with Crippen LogP contribution in [0.3, 0.4) is 0 Å². The van der Waals surface area contributed by atoms with E-state index < -0.39 is 0 Å². The van der Waals surface area contributed by atoms with Gasteiger partial charge in [-0.15, -0.1) is 0 Å². The average molecular weight is 453 g/mol. The third-order valence-corrected chi connectivity index (χ3v) is 6.11. The van der Waals surface area contributed by atoms with Crippen molar-refractivity contribution in [1.29, 1.82) is 5.26 Å². The van der Waals surface area contributed by atoms with Crippen LogP contribution in [-0.2, 0) is 19.7 Å². The number of allylic oxidation sites excluding steroid dienone is 1. The van der Waals surface area contributed by atoms with Gasteiger partial charge in [-0.25, -0.2) is 9.37 Å². The van der Waals surface area contributed by atoms with E-state index in [2.05, 4.69) is 33.7 Å². The highest BCUT2D eigenvalue weighted by Gasteiger charge is 2.22. The predicted octanol–water partition coefficient (Wildman–Crippen LogP) is 5.52. The Morgan fingerprint density at radius 2 is 1.91 bits per heavy atom. The van der Waals surface area contributed by atoms with Gasteiger partial charge in [0.1, 0.15) is 24.0 Å². The molecule has 0 saturated heterocycles. The minimum atomic E-state index is -0.361. The lowest BCUT2D eigenvalue weighted by molar-refractivity contribution is 0.305. The number of para-hydroxylation sites is 2. The molecular weight excluding hydrogens is 427 g/mol. The Hall–Kier alpha value is -3.95. The largest absolute Gasteiger partial charge is 0.488 e. The molecule has 3 aromatic carbocycles. The van der Waals surface area contributed by atoms with E-state index in [4.69, 9.17) is 9.72 Å². The number of fused-ring (bicyclic) bond motifs is 3. The highest BCUT2D eigenvalue weighted by molar-refractivity contribution is 5.88. The number of imidazole rings is 1. The Labute approximate surface area is 198 Å². The number of rotatable bonds is 4. The fourth-order valence-corrected chi connectivity index (χ4v) is 4.58. The van der Waals surface area contributed by atoms with E-state index >= 15 is 0 Å². The fraction of sp³-hybridized carbons (Fsp3) is 0.214. The Kier molecular flexibility index (Phi) is 5.64. The molecule has 0 N–H and O–H groups in total. The summed E-state index contributed by atoms with van der Waals surface area (Å²) in [5, 5.41) is 9.68. The summed E-state index contributed by atoms with van der Waals surface area (Å²) in [6.45, 7) is 3.49. The maximum atomic E-state index is 13.9. The number of hydrogen-bond acceptors (Lipinski definition) is 4. The summed E-state index contributed by atoms with van der Waals surface area (Å²) >= 11 is 0. The zero-order chi connectivity index (χ0) is 23.8. The molecule has 0 unspecified atom stereocenters. The van der Waals surface area contributed by atoms with Crippen molar-refractivity contribution >= 4 is 16.6 Å². The van der Waals surface area contributed by atoms with Crippen molar-refractivity contribution in [2.75, 3.05) is 14.1 Å². The molecule has 34 heavy (non-hydrogen) atoms. The van der Waals surface area contributed by atoms with E-state index in [0.29, 0.717) is 24.5 Å². The smallest absolute Gasteiger partial charge is 0.130 e. The summed E-state index contributed by atoms with van der Waals surface area (Å²) in [5.41, 5.74) is 7.19. The zero-order valence-electron chi connectivity index (χ0n) is 19.5. The molecule has 0 bridgehead atoms. The van der Waals surface area contributed by atoms with Crippen LogP contribution < -0.4 is 4.74 Å². The van der Waals surface area contributed by atoms with Gasteiger partial charge in [0, 0.05) is 29.3 Å². The van der Waals surface area contributed by atoms with E-state index in [1.54, 1.807) is 13.0 Å². The van der Waals surface area contributed by atoms with E-state index in [1.807, 2.05) is 38.4 Å². The molecule has 0 radical (unpaired) electrons. The van der Waals surface area contributed by atoms with E-state index in [9.17, 15) is 9.65 Å². The molecule has 170 valence electrons. The van der Waals surface area contributed by atoms with Gasteiger partial charge in [0.2, 0.25) is 0 Å². The quantitative estimate of drug-likeness (QED) is 0.383. The average Bonchev–Trinajstić information content (AvgIpc) is 3.06. The fourth-order valence-electron chi connectivity index (χ4n) is 4.58. The van der Waals surface area contributed by atoms with Gasteiger partial charge >= 0.3 is 0 Å². The summed E-state index contributed by atoms with van der Waals surface area (Å²) in [7, 11) is 4.07. The topological polar surface area (TPSA) is 54.1 Å². The molecular formula is C28H25FN4O. The molecule has 4 aromatic rings. The molecule has 0 fully saturated rings. The lowest BCUT2D eigenvalue weighted by atomic mass is 9.90. The zero-order valence-corrected chi connectivity index (χ0v) is 19.5. The molecule has 1 aliphatic rings. The molecule has 0 aliphatic carbocycles. The first kappa shape index (κ1) is 21.9. The number of halogens is 1. The lowest BCUT2D eigenvalue weighted by Crippen LogP contribution is -2.16. The molecule has 6 heteroatoms. The van der Waals surface area contributed by atoms with Crippen molar-refractivity contribution in [3.63, 3.8) is 0 Å². The Bertz CT molecular complexity index is 1480. The summed E-state index contributed by atoms with van der Waals surface area (Å²) in [6.07, 6.45) is 0. The van der Waals surface area contributed by atoms with Crippen LogP contribution in [0.1, 0.15) is 35.0 Å². The molecule has 0 saturated carbocycles. The lowest BCUT2D eigenvalue weighted by Gasteiger charge is -2.15. The van der Waals surface area contributed by atoms with Crippen LogP contribution in [0.15, 0.2) is 66.2 Å². The number of benzene rings is 3. The van der Waals surface area contributed by atoms with E-state index in [-0.39, 0.29) is 5.82 Å². The van der Waals surface area contributed by atoms with Crippen LogP contribution >= 0.6 is 0 Å². The van der Waals surface area contributed by atoms with Crippen molar-refractivity contribution in [2.45, 2.75) is 26.6 Å². The predicted molar refractivity (Wildman–Crippen MR) is 131 cm³/mol. The van der Waals surface area contributed by atoms with Crippen LogP contribution in [0.25, 0.3) is 16.6 Å². The van der Waals surface area contributed by atoms with Gasteiger partial charge in [-0.1, -0.05) is 24.3 Å². The molecule has 1 aliphatic heterocycles. The molecule has 1 aromatic heterocycles. The van der Waals surface area contributed by atoms with Crippen molar-refractivity contribution in [2.24, 2.45) is 0 Å². The molecule has 0 spiro atoms. The SMILES string of the molecule is CC(C#N)=C1c2ccc(Cn3c(CN(C)C)nc4ccccc43)cc2COc2cc(F)ccc21. The second-order valence-corrected chi connectivity index (χ2v) is 8.87. The standard InChI is InChI=1S/C28H25FN4O/c1-18(14-30)28-22-10-8-19(12-20(22)17-34-26-13-21(29)9-11-23(26)28)15-33-25-7-5-4-6-24(25)31-27(33)16-32(2)3/h4-13H,15-17H2,1-3H3. The summed E-state index contributed by atoms with van der Waals surface area (Å²) in [5.74, 6) is 1.09. The molecule has 5 rings (SSSR count). The van der Waals surface area contributed by atoms with Crippen LogP contribution in [-0.4, -0.2) is 28.5 Å². The minimum absolute atomic E-state index is 0.303. The van der Waals surface area contributed by atoms with E-state index in [0.717, 1.165) is 51.2 Å². The van der Waals surface area contributed by atoms with Crippen LogP contribution in [0.4, 0.5) is 4.39 Å². The first-order valence-electron chi connectivity index (χ1n) is 11.2. The van der Waals surface area contributed by atoms with Crippen LogP contribution in [0, 0.1) is 17.1 Å². The maximum absolute atomic E-state index is 13.9. The Morgan fingerprint density at radius 1 is 1.12 bits per heavy atom. The van der Waals surface area contributed by atoms with Gasteiger partial charge in [0.25, 0.3) is 0 Å². The summed E-state index contributed by atoms with van der Waals surface area (Å²) < 4.78 is 22.2. The highest BCUT2D eigenvalue weighted by atomic mass is 19.1. The minimum Gasteiger partial charge on any atom is -0.488 e. The molecule has 2 heterocycles. The monoisotopic (exact) mass is 452 g/mol. The Balaban J connectivity index is 1.59.